The molecular formula is C19H29N3O2. The number of nitrogens with zero attached hydrogens (tertiary/aromatic N) is 1. The van der Waals surface area contributed by atoms with Crippen molar-refractivity contribution in [3.8, 4) is 0 Å². The summed E-state index contributed by atoms with van der Waals surface area (Å²) in [6.45, 7) is 5.60. The van der Waals surface area contributed by atoms with Crippen LogP contribution >= 0.6 is 0 Å². The largest absolute Gasteiger partial charge is 0.368 e. The number of carbonyl (C=O) groups excluding carboxylic acids is 2. The Balaban J connectivity index is 2.04. The Morgan fingerprint density at radius 1 is 1.38 bits per heavy atom. The van der Waals surface area contributed by atoms with Gasteiger partial charge in [-0.05, 0) is 37.4 Å². The minimum absolute atomic E-state index is 0.00293. The van der Waals surface area contributed by atoms with Gasteiger partial charge in [0.15, 0.2) is 0 Å². The number of rotatable bonds is 8. The summed E-state index contributed by atoms with van der Waals surface area (Å²) >= 11 is 0. The molecular weight excluding hydrogens is 302 g/mol. The predicted octanol–water partition coefficient (Wildman–Crippen LogP) is 2.90. The fraction of sp³-hybridized carbons (Fsp3) is 0.579. The molecule has 0 radical (unpaired) electrons. The van der Waals surface area contributed by atoms with Crippen LogP contribution in [-0.2, 0) is 16.1 Å². The zero-order valence-electron chi connectivity index (χ0n) is 14.8. The molecule has 2 rings (SSSR count). The lowest BCUT2D eigenvalue weighted by Gasteiger charge is -2.23. The molecule has 2 amide bonds. The fourth-order valence-corrected chi connectivity index (χ4v) is 3.23. The lowest BCUT2D eigenvalue weighted by Crippen LogP contribution is -2.39. The third-order valence-electron chi connectivity index (χ3n) is 4.78. The fourth-order valence-electron chi connectivity index (χ4n) is 3.23. The third kappa shape index (κ3) is 4.81. The van der Waals surface area contributed by atoms with E-state index in [1.807, 2.05) is 31.2 Å². The first kappa shape index (κ1) is 18.5. The molecule has 2 atom stereocenters. The van der Waals surface area contributed by atoms with Gasteiger partial charge in [-0.1, -0.05) is 44.9 Å². The average molecular weight is 331 g/mol. The van der Waals surface area contributed by atoms with E-state index in [9.17, 15) is 9.59 Å². The summed E-state index contributed by atoms with van der Waals surface area (Å²) < 4.78 is 0. The molecule has 1 saturated heterocycles. The quantitative estimate of drug-likeness (QED) is 0.769. The van der Waals surface area contributed by atoms with Crippen molar-refractivity contribution in [1.82, 2.24) is 4.90 Å². The number of anilines is 1. The van der Waals surface area contributed by atoms with Gasteiger partial charge < -0.3 is 11.1 Å². The maximum atomic E-state index is 12.4. The van der Waals surface area contributed by atoms with Crippen LogP contribution in [0.2, 0.25) is 0 Å². The van der Waals surface area contributed by atoms with E-state index in [0.29, 0.717) is 6.54 Å². The number of hydrogen-bond donors (Lipinski definition) is 2. The van der Waals surface area contributed by atoms with Crippen molar-refractivity contribution in [3.63, 3.8) is 0 Å². The number of primary amides is 1. The number of nitrogens with two attached hydrogens (primary N) is 1. The highest BCUT2D eigenvalue weighted by molar-refractivity contribution is 5.93. The zero-order chi connectivity index (χ0) is 17.5. The van der Waals surface area contributed by atoms with E-state index in [4.69, 9.17) is 5.73 Å². The first-order valence-corrected chi connectivity index (χ1v) is 8.95. The number of benzene rings is 1. The Bertz CT molecular complexity index is 573. The molecule has 24 heavy (non-hydrogen) atoms. The maximum Gasteiger partial charge on any atom is 0.234 e. The molecule has 0 aliphatic carbocycles. The van der Waals surface area contributed by atoms with Gasteiger partial charge >= 0.3 is 0 Å². The van der Waals surface area contributed by atoms with Crippen molar-refractivity contribution < 1.29 is 9.59 Å². The third-order valence-corrected chi connectivity index (χ3v) is 4.78. The van der Waals surface area contributed by atoms with Crippen LogP contribution < -0.4 is 11.1 Å². The highest BCUT2D eigenvalue weighted by Crippen LogP contribution is 2.24. The van der Waals surface area contributed by atoms with Crippen molar-refractivity contribution in [3.05, 3.63) is 29.8 Å². The number of hydrogen-bond acceptors (Lipinski definition) is 3. The molecule has 5 heteroatoms. The average Bonchev–Trinajstić information content (AvgIpc) is 3.02. The molecule has 0 unspecified atom stereocenters. The smallest absolute Gasteiger partial charge is 0.234 e. The summed E-state index contributed by atoms with van der Waals surface area (Å²) in [4.78, 5) is 26.1. The van der Waals surface area contributed by atoms with Gasteiger partial charge in [0.05, 0.1) is 6.04 Å². The van der Waals surface area contributed by atoms with E-state index < -0.39 is 0 Å². The Morgan fingerprint density at radius 2 is 2.12 bits per heavy atom. The molecule has 1 aliphatic heterocycles. The zero-order valence-corrected chi connectivity index (χ0v) is 14.8. The van der Waals surface area contributed by atoms with Crippen LogP contribution in [0.5, 0.6) is 0 Å². The molecule has 3 N–H and O–H groups in total. The van der Waals surface area contributed by atoms with E-state index >= 15 is 0 Å². The molecule has 1 aromatic carbocycles. The van der Waals surface area contributed by atoms with Gasteiger partial charge in [0.1, 0.15) is 0 Å². The molecule has 0 spiro atoms. The summed E-state index contributed by atoms with van der Waals surface area (Å²) in [5, 5.41) is 3.06. The van der Waals surface area contributed by atoms with E-state index in [1.165, 1.54) is 0 Å². The number of likely N-dealkylation sites (tertiary alicyclic amines) is 1. The van der Waals surface area contributed by atoms with Crippen LogP contribution in [0.15, 0.2) is 24.3 Å². The number of unbranched alkanes of at least 4 members (excludes halogenated alkanes) is 1. The van der Waals surface area contributed by atoms with Gasteiger partial charge in [0, 0.05) is 18.2 Å². The molecule has 1 aliphatic rings. The Labute approximate surface area is 144 Å². The highest BCUT2D eigenvalue weighted by Gasteiger charge is 2.29. The molecule has 1 aromatic rings. The van der Waals surface area contributed by atoms with Crippen molar-refractivity contribution in [2.75, 3.05) is 11.9 Å². The lowest BCUT2D eigenvalue weighted by molar-refractivity contribution is -0.122. The number of carbonyl (C=O) groups is 2. The van der Waals surface area contributed by atoms with Gasteiger partial charge in [0.25, 0.3) is 0 Å². The Kier molecular flexibility index (Phi) is 6.79. The molecule has 5 nitrogen and oxygen atoms in total. The molecule has 0 bridgehead atoms. The Hall–Kier alpha value is -1.88. The van der Waals surface area contributed by atoms with Crippen LogP contribution in [0, 0.1) is 5.92 Å². The second-order valence-electron chi connectivity index (χ2n) is 6.72. The highest BCUT2D eigenvalue weighted by atomic mass is 16.2. The van der Waals surface area contributed by atoms with Gasteiger partial charge in [-0.3, -0.25) is 14.5 Å². The second-order valence-corrected chi connectivity index (χ2v) is 6.72. The van der Waals surface area contributed by atoms with Crippen molar-refractivity contribution in [2.45, 2.75) is 58.5 Å². The summed E-state index contributed by atoms with van der Waals surface area (Å²) in [5.41, 5.74) is 7.36. The van der Waals surface area contributed by atoms with Crippen LogP contribution in [0.3, 0.4) is 0 Å². The van der Waals surface area contributed by atoms with Crippen molar-refractivity contribution >= 4 is 17.5 Å². The number of amides is 2. The first-order valence-electron chi connectivity index (χ1n) is 8.95. The van der Waals surface area contributed by atoms with Crippen LogP contribution in [-0.4, -0.2) is 29.3 Å². The topological polar surface area (TPSA) is 75.4 Å². The Morgan fingerprint density at radius 3 is 2.83 bits per heavy atom. The minimum Gasteiger partial charge on any atom is -0.368 e. The lowest BCUT2D eigenvalue weighted by atomic mass is 10.0. The van der Waals surface area contributed by atoms with Crippen molar-refractivity contribution in [2.24, 2.45) is 11.7 Å². The number of para-hydroxylation sites is 1. The molecule has 0 aromatic heterocycles. The van der Waals surface area contributed by atoms with Gasteiger partial charge in [-0.15, -0.1) is 0 Å². The predicted molar refractivity (Wildman–Crippen MR) is 96.4 cm³/mol. The van der Waals surface area contributed by atoms with Gasteiger partial charge in [-0.2, -0.15) is 0 Å². The van der Waals surface area contributed by atoms with Gasteiger partial charge in [0.2, 0.25) is 11.8 Å². The van der Waals surface area contributed by atoms with Crippen LogP contribution in [0.4, 0.5) is 5.69 Å². The summed E-state index contributed by atoms with van der Waals surface area (Å²) in [7, 11) is 0. The second kappa shape index (κ2) is 8.83. The van der Waals surface area contributed by atoms with Crippen LogP contribution in [0.25, 0.3) is 0 Å². The number of nitrogens with one attached hydrogen (secondary N) is 1. The summed E-state index contributed by atoms with van der Waals surface area (Å²) in [6.07, 6.45) is 4.86. The van der Waals surface area contributed by atoms with Gasteiger partial charge in [-0.25, -0.2) is 0 Å². The monoisotopic (exact) mass is 331 g/mol. The molecule has 132 valence electrons. The standard InChI is InChI=1S/C19H29N3O2/c1-3-4-8-14(2)19(24)21-16-10-6-5-9-15(16)13-22-12-7-11-17(22)18(20)23/h5-6,9-10,14,17H,3-4,7-8,11-13H2,1-2H3,(H2,20,23)(H,21,24)/t14-,17+/m1/s1. The van der Waals surface area contributed by atoms with E-state index in [2.05, 4.69) is 17.1 Å². The van der Waals surface area contributed by atoms with Crippen LogP contribution in [0.1, 0.15) is 51.5 Å². The van der Waals surface area contributed by atoms with E-state index in [-0.39, 0.29) is 23.8 Å². The summed E-state index contributed by atoms with van der Waals surface area (Å²) in [6, 6.07) is 7.61. The maximum absolute atomic E-state index is 12.4. The molecule has 1 fully saturated rings. The molecule has 1 heterocycles. The van der Waals surface area contributed by atoms with E-state index in [0.717, 1.165) is 49.9 Å². The van der Waals surface area contributed by atoms with Crippen molar-refractivity contribution in [1.29, 1.82) is 0 Å². The van der Waals surface area contributed by atoms with E-state index in [1.54, 1.807) is 0 Å². The normalized spacial score (nSPS) is 19.2. The first-order chi connectivity index (χ1) is 11.5. The SMILES string of the molecule is CCCC[C@@H](C)C(=O)Nc1ccccc1CN1CCC[C@H]1C(N)=O. The molecule has 0 saturated carbocycles. The minimum atomic E-state index is -0.262. The summed E-state index contributed by atoms with van der Waals surface area (Å²) in [5.74, 6) is -0.200.